The van der Waals surface area contributed by atoms with Crippen LogP contribution < -0.4 is 10.1 Å². The maximum atomic E-state index is 12.2. The van der Waals surface area contributed by atoms with E-state index >= 15 is 0 Å². The molecule has 3 aromatic rings. The Bertz CT molecular complexity index is 834. The molecule has 0 saturated heterocycles. The first-order chi connectivity index (χ1) is 10.7. The molecule has 0 aliphatic rings. The number of halogens is 1. The van der Waals surface area contributed by atoms with Crippen molar-refractivity contribution in [1.82, 2.24) is 9.97 Å². The number of rotatable bonds is 3. The number of benzene rings is 1. The van der Waals surface area contributed by atoms with Crippen LogP contribution in [0.2, 0.25) is 0 Å². The highest BCUT2D eigenvalue weighted by atomic mass is 79.9. The number of methoxy groups -OCH3 is 1. The van der Waals surface area contributed by atoms with Gasteiger partial charge in [-0.15, -0.1) is 0 Å². The number of carbonyl (C=O) groups excluding carboxylic acids is 1. The Morgan fingerprint density at radius 2 is 1.77 bits per heavy atom. The molecule has 0 saturated carbocycles. The minimum absolute atomic E-state index is 0.232. The van der Waals surface area contributed by atoms with E-state index in [0.29, 0.717) is 27.4 Å². The van der Waals surface area contributed by atoms with Gasteiger partial charge in [0.05, 0.1) is 7.11 Å². The number of aromatic nitrogens is 2. The number of anilines is 1. The van der Waals surface area contributed by atoms with Crippen molar-refractivity contribution in [1.29, 1.82) is 0 Å². The van der Waals surface area contributed by atoms with Gasteiger partial charge in [-0.05, 0) is 64.5 Å². The smallest absolute Gasteiger partial charge is 0.256 e. The van der Waals surface area contributed by atoms with Crippen LogP contribution in [0.3, 0.4) is 0 Å². The third-order valence-corrected chi connectivity index (χ3v) is 3.55. The molecule has 0 aliphatic heterocycles. The van der Waals surface area contributed by atoms with Gasteiger partial charge >= 0.3 is 0 Å². The van der Waals surface area contributed by atoms with Gasteiger partial charge in [0.25, 0.3) is 5.91 Å². The molecule has 1 amide bonds. The van der Waals surface area contributed by atoms with E-state index in [2.05, 4.69) is 31.2 Å². The Morgan fingerprint density at radius 1 is 1.05 bits per heavy atom. The number of pyridine rings is 2. The quantitative estimate of drug-likeness (QED) is 0.726. The minimum Gasteiger partial charge on any atom is -0.497 e. The Balaban J connectivity index is 1.83. The van der Waals surface area contributed by atoms with Crippen molar-refractivity contribution in [3.63, 3.8) is 0 Å². The second-order valence-electron chi connectivity index (χ2n) is 4.56. The van der Waals surface area contributed by atoms with Crippen molar-refractivity contribution in [3.8, 4) is 5.75 Å². The van der Waals surface area contributed by atoms with E-state index in [9.17, 15) is 4.79 Å². The number of hydrogen-bond acceptors (Lipinski definition) is 4. The second kappa shape index (κ2) is 6.11. The molecular weight excluding hydrogens is 346 g/mol. The lowest BCUT2D eigenvalue weighted by molar-refractivity contribution is 0.102. The van der Waals surface area contributed by atoms with Crippen LogP contribution in [0.5, 0.6) is 5.75 Å². The molecule has 2 aromatic heterocycles. The first kappa shape index (κ1) is 14.5. The van der Waals surface area contributed by atoms with Gasteiger partial charge in [-0.1, -0.05) is 0 Å². The summed E-state index contributed by atoms with van der Waals surface area (Å²) in [5.41, 5.74) is 1.10. The topological polar surface area (TPSA) is 64.1 Å². The van der Waals surface area contributed by atoms with Crippen LogP contribution in [0.15, 0.2) is 53.1 Å². The Labute approximate surface area is 135 Å². The van der Waals surface area contributed by atoms with Crippen LogP contribution in [-0.4, -0.2) is 23.0 Å². The van der Waals surface area contributed by atoms with Crippen molar-refractivity contribution in [2.75, 3.05) is 12.4 Å². The highest BCUT2D eigenvalue weighted by Gasteiger charge is 2.08. The molecule has 0 aliphatic carbocycles. The molecular formula is C16H12BrN3O2. The number of fused-ring (bicyclic) bond motifs is 1. The molecule has 0 unspecified atom stereocenters. The molecule has 0 radical (unpaired) electrons. The van der Waals surface area contributed by atoms with Crippen LogP contribution in [0.4, 0.5) is 5.82 Å². The average molecular weight is 358 g/mol. The lowest BCUT2D eigenvalue weighted by Gasteiger charge is -2.06. The fourth-order valence-electron chi connectivity index (χ4n) is 1.98. The van der Waals surface area contributed by atoms with Crippen molar-refractivity contribution in [2.45, 2.75) is 0 Å². The van der Waals surface area contributed by atoms with E-state index in [0.717, 1.165) is 5.39 Å². The third kappa shape index (κ3) is 3.07. The maximum absolute atomic E-state index is 12.2. The first-order valence-corrected chi connectivity index (χ1v) is 7.34. The van der Waals surface area contributed by atoms with Crippen LogP contribution in [0.1, 0.15) is 10.4 Å². The highest BCUT2D eigenvalue weighted by Crippen LogP contribution is 2.17. The summed E-state index contributed by atoms with van der Waals surface area (Å²) in [7, 11) is 1.58. The van der Waals surface area contributed by atoms with Gasteiger partial charge in [0.1, 0.15) is 16.2 Å². The fourth-order valence-corrected chi connectivity index (χ4v) is 2.28. The minimum atomic E-state index is -0.232. The molecule has 1 N–H and O–H groups in total. The van der Waals surface area contributed by atoms with Gasteiger partial charge in [-0.3, -0.25) is 4.79 Å². The van der Waals surface area contributed by atoms with Gasteiger partial charge in [0.2, 0.25) is 0 Å². The first-order valence-electron chi connectivity index (χ1n) is 6.54. The zero-order valence-corrected chi connectivity index (χ0v) is 13.3. The standard InChI is InChI=1S/C16H12BrN3O2/c1-22-12-6-2-11(3-7-12)16(21)20-14-9-5-10-4-8-13(17)18-15(10)19-14/h2-9H,1H3,(H,18,19,20,21). The number of nitrogens with one attached hydrogen (secondary N) is 1. The molecule has 0 bridgehead atoms. The maximum Gasteiger partial charge on any atom is 0.256 e. The van der Waals surface area contributed by atoms with Gasteiger partial charge < -0.3 is 10.1 Å². The molecule has 6 heteroatoms. The fraction of sp³-hybridized carbons (Fsp3) is 0.0625. The lowest BCUT2D eigenvalue weighted by Crippen LogP contribution is -2.12. The summed E-state index contributed by atoms with van der Waals surface area (Å²) >= 11 is 3.31. The third-order valence-electron chi connectivity index (χ3n) is 3.11. The monoisotopic (exact) mass is 357 g/mol. The molecule has 0 atom stereocenters. The molecule has 0 fully saturated rings. The molecule has 110 valence electrons. The molecule has 2 heterocycles. The second-order valence-corrected chi connectivity index (χ2v) is 5.37. The number of hydrogen-bond donors (Lipinski definition) is 1. The molecule has 5 nitrogen and oxygen atoms in total. The van der Waals surface area contributed by atoms with Gasteiger partial charge in [-0.2, -0.15) is 0 Å². The van der Waals surface area contributed by atoms with E-state index in [-0.39, 0.29) is 5.91 Å². The van der Waals surface area contributed by atoms with Gasteiger partial charge in [0, 0.05) is 10.9 Å². The number of amides is 1. The van der Waals surface area contributed by atoms with Crippen molar-refractivity contribution in [2.24, 2.45) is 0 Å². The van der Waals surface area contributed by atoms with Crippen molar-refractivity contribution < 1.29 is 9.53 Å². The Morgan fingerprint density at radius 3 is 2.50 bits per heavy atom. The largest absolute Gasteiger partial charge is 0.497 e. The normalized spacial score (nSPS) is 10.5. The molecule has 22 heavy (non-hydrogen) atoms. The molecule has 1 aromatic carbocycles. The number of ether oxygens (including phenoxy) is 1. The Kier molecular flexibility index (Phi) is 4.02. The van der Waals surface area contributed by atoms with Crippen LogP contribution in [0.25, 0.3) is 11.0 Å². The summed E-state index contributed by atoms with van der Waals surface area (Å²) in [6.45, 7) is 0. The van der Waals surface area contributed by atoms with Crippen molar-refractivity contribution in [3.05, 3.63) is 58.7 Å². The average Bonchev–Trinajstić information content (AvgIpc) is 2.54. The summed E-state index contributed by atoms with van der Waals surface area (Å²) in [5.74, 6) is 0.929. The lowest BCUT2D eigenvalue weighted by atomic mass is 10.2. The summed E-state index contributed by atoms with van der Waals surface area (Å²) in [6, 6.07) is 14.2. The Hall–Kier alpha value is -2.47. The summed E-state index contributed by atoms with van der Waals surface area (Å²) < 4.78 is 5.77. The van der Waals surface area contributed by atoms with E-state index in [1.807, 2.05) is 18.2 Å². The summed E-state index contributed by atoms with van der Waals surface area (Å²) in [5, 5.41) is 3.67. The zero-order chi connectivity index (χ0) is 15.5. The summed E-state index contributed by atoms with van der Waals surface area (Å²) in [4.78, 5) is 20.8. The number of carbonyl (C=O) groups is 1. The highest BCUT2D eigenvalue weighted by molar-refractivity contribution is 9.10. The van der Waals surface area contributed by atoms with E-state index in [1.54, 1.807) is 37.4 Å². The van der Waals surface area contributed by atoms with Gasteiger partial charge in [-0.25, -0.2) is 9.97 Å². The summed E-state index contributed by atoms with van der Waals surface area (Å²) in [6.07, 6.45) is 0. The predicted octanol–water partition coefficient (Wildman–Crippen LogP) is 3.65. The number of nitrogens with zero attached hydrogens (tertiary/aromatic N) is 2. The van der Waals surface area contributed by atoms with Crippen LogP contribution in [-0.2, 0) is 0 Å². The van der Waals surface area contributed by atoms with Crippen molar-refractivity contribution >= 4 is 38.7 Å². The molecule has 3 rings (SSSR count). The van der Waals surface area contributed by atoms with E-state index in [1.165, 1.54) is 0 Å². The SMILES string of the molecule is COc1ccc(C(=O)Nc2ccc3ccc(Br)nc3n2)cc1. The zero-order valence-electron chi connectivity index (χ0n) is 11.7. The van der Waals surface area contributed by atoms with Crippen LogP contribution >= 0.6 is 15.9 Å². The molecule has 0 spiro atoms. The van der Waals surface area contributed by atoms with E-state index in [4.69, 9.17) is 4.74 Å². The predicted molar refractivity (Wildman–Crippen MR) is 88.2 cm³/mol. The van der Waals surface area contributed by atoms with E-state index < -0.39 is 0 Å². The van der Waals surface area contributed by atoms with Crippen LogP contribution in [0, 0.1) is 0 Å². The van der Waals surface area contributed by atoms with Gasteiger partial charge in [0.15, 0.2) is 5.65 Å².